The topological polar surface area (TPSA) is 54.6 Å². The zero-order valence-electron chi connectivity index (χ0n) is 11.7. The summed E-state index contributed by atoms with van der Waals surface area (Å²) in [6.07, 6.45) is 1.12. The van der Waals surface area contributed by atoms with Crippen LogP contribution >= 0.6 is 0 Å². The molecule has 1 N–H and O–H groups in total. The standard InChI is InChI=1S/C16H18N2O2/c1-12-8-10-15(20-12)13(2)17-18-16(19)11-9-14-6-4-3-5-7-14/h3-8,10H,9,11H2,1-2H3,(H,18,19)/b17-13+. The number of furan rings is 1. The Hall–Kier alpha value is -2.36. The third-order valence-electron chi connectivity index (χ3n) is 2.93. The maximum absolute atomic E-state index is 11.7. The van der Waals surface area contributed by atoms with Crippen molar-refractivity contribution in [3.63, 3.8) is 0 Å². The molecule has 0 aliphatic heterocycles. The van der Waals surface area contributed by atoms with Crippen molar-refractivity contribution in [3.05, 3.63) is 59.5 Å². The highest BCUT2D eigenvalue weighted by molar-refractivity contribution is 5.96. The molecule has 104 valence electrons. The lowest BCUT2D eigenvalue weighted by Crippen LogP contribution is -2.19. The van der Waals surface area contributed by atoms with Crippen LogP contribution in [0.25, 0.3) is 0 Å². The van der Waals surface area contributed by atoms with Gasteiger partial charge in [-0.05, 0) is 38.0 Å². The lowest BCUT2D eigenvalue weighted by molar-refractivity contribution is -0.121. The number of amides is 1. The molecule has 0 saturated carbocycles. The molecule has 20 heavy (non-hydrogen) atoms. The summed E-state index contributed by atoms with van der Waals surface area (Å²) in [6.45, 7) is 3.67. The van der Waals surface area contributed by atoms with Gasteiger partial charge in [0.15, 0.2) is 0 Å². The Morgan fingerprint density at radius 2 is 1.95 bits per heavy atom. The molecule has 4 heteroatoms. The van der Waals surface area contributed by atoms with Gasteiger partial charge in [0.25, 0.3) is 0 Å². The number of hydrogen-bond donors (Lipinski definition) is 1. The molecule has 0 atom stereocenters. The Labute approximate surface area is 118 Å². The molecular weight excluding hydrogens is 252 g/mol. The van der Waals surface area contributed by atoms with Crippen LogP contribution in [0.3, 0.4) is 0 Å². The summed E-state index contributed by atoms with van der Waals surface area (Å²) in [5.74, 6) is 1.40. The zero-order chi connectivity index (χ0) is 14.4. The zero-order valence-corrected chi connectivity index (χ0v) is 11.7. The Kier molecular flexibility index (Phi) is 4.71. The molecule has 0 spiro atoms. The van der Waals surface area contributed by atoms with E-state index in [1.807, 2.05) is 49.4 Å². The molecule has 0 bridgehead atoms. The van der Waals surface area contributed by atoms with E-state index < -0.39 is 0 Å². The van der Waals surface area contributed by atoms with Crippen molar-refractivity contribution in [2.45, 2.75) is 26.7 Å². The van der Waals surface area contributed by atoms with E-state index in [4.69, 9.17) is 4.42 Å². The number of rotatable bonds is 5. The van der Waals surface area contributed by atoms with Crippen LogP contribution in [0.2, 0.25) is 0 Å². The van der Waals surface area contributed by atoms with Crippen LogP contribution in [-0.2, 0) is 11.2 Å². The molecule has 0 saturated heterocycles. The number of aryl methyl sites for hydroxylation is 2. The lowest BCUT2D eigenvalue weighted by atomic mass is 10.1. The van der Waals surface area contributed by atoms with Gasteiger partial charge in [0, 0.05) is 6.42 Å². The number of hydrogen-bond acceptors (Lipinski definition) is 3. The first kappa shape index (κ1) is 14.1. The van der Waals surface area contributed by atoms with Crippen LogP contribution in [0.4, 0.5) is 0 Å². The fourth-order valence-corrected chi connectivity index (χ4v) is 1.79. The number of carbonyl (C=O) groups excluding carboxylic acids is 1. The van der Waals surface area contributed by atoms with Gasteiger partial charge in [0.1, 0.15) is 17.2 Å². The van der Waals surface area contributed by atoms with Crippen LogP contribution in [0.5, 0.6) is 0 Å². The van der Waals surface area contributed by atoms with Crippen molar-refractivity contribution in [2.75, 3.05) is 0 Å². The molecule has 0 unspecified atom stereocenters. The van der Waals surface area contributed by atoms with Gasteiger partial charge in [-0.2, -0.15) is 5.10 Å². The average Bonchev–Trinajstić information content (AvgIpc) is 2.90. The highest BCUT2D eigenvalue weighted by atomic mass is 16.3. The molecule has 1 heterocycles. The number of nitrogens with zero attached hydrogens (tertiary/aromatic N) is 1. The Bertz CT molecular complexity index is 600. The monoisotopic (exact) mass is 270 g/mol. The Morgan fingerprint density at radius 3 is 2.60 bits per heavy atom. The van der Waals surface area contributed by atoms with Gasteiger partial charge in [0.05, 0.1) is 0 Å². The number of carbonyl (C=O) groups is 1. The fourth-order valence-electron chi connectivity index (χ4n) is 1.79. The van der Waals surface area contributed by atoms with E-state index in [1.54, 1.807) is 6.92 Å². The van der Waals surface area contributed by atoms with Gasteiger partial charge < -0.3 is 4.42 Å². The predicted octanol–water partition coefficient (Wildman–Crippen LogP) is 3.06. The predicted molar refractivity (Wildman–Crippen MR) is 78.6 cm³/mol. The first-order chi connectivity index (χ1) is 9.65. The first-order valence-corrected chi connectivity index (χ1v) is 6.59. The first-order valence-electron chi connectivity index (χ1n) is 6.59. The van der Waals surface area contributed by atoms with Crippen LogP contribution < -0.4 is 5.43 Å². The number of nitrogens with one attached hydrogen (secondary N) is 1. The van der Waals surface area contributed by atoms with Crippen molar-refractivity contribution in [1.82, 2.24) is 5.43 Å². The average molecular weight is 270 g/mol. The van der Waals surface area contributed by atoms with Crippen molar-refractivity contribution in [1.29, 1.82) is 0 Å². The van der Waals surface area contributed by atoms with E-state index in [2.05, 4.69) is 10.5 Å². The van der Waals surface area contributed by atoms with E-state index in [1.165, 1.54) is 0 Å². The second-order valence-corrected chi connectivity index (χ2v) is 4.63. The minimum atomic E-state index is -0.100. The third-order valence-corrected chi connectivity index (χ3v) is 2.93. The molecule has 1 aromatic carbocycles. The summed E-state index contributed by atoms with van der Waals surface area (Å²) in [6, 6.07) is 13.6. The fraction of sp³-hybridized carbons (Fsp3) is 0.250. The molecule has 1 aromatic heterocycles. The van der Waals surface area contributed by atoms with Crippen LogP contribution in [0.15, 0.2) is 52.0 Å². The maximum atomic E-state index is 11.7. The Balaban J connectivity index is 1.83. The summed E-state index contributed by atoms with van der Waals surface area (Å²) in [4.78, 5) is 11.7. The molecule has 4 nitrogen and oxygen atoms in total. The minimum Gasteiger partial charge on any atom is -0.460 e. The minimum absolute atomic E-state index is 0.100. The summed E-state index contributed by atoms with van der Waals surface area (Å²) >= 11 is 0. The molecule has 2 aromatic rings. The van der Waals surface area contributed by atoms with Crippen LogP contribution in [0.1, 0.15) is 30.4 Å². The quantitative estimate of drug-likeness (QED) is 0.670. The highest BCUT2D eigenvalue weighted by Crippen LogP contribution is 2.07. The van der Waals surface area contributed by atoms with Gasteiger partial charge in [-0.3, -0.25) is 4.79 Å². The summed E-state index contributed by atoms with van der Waals surface area (Å²) < 4.78 is 5.42. The van der Waals surface area contributed by atoms with Crippen molar-refractivity contribution < 1.29 is 9.21 Å². The van der Waals surface area contributed by atoms with Gasteiger partial charge in [-0.1, -0.05) is 30.3 Å². The van der Waals surface area contributed by atoms with Crippen LogP contribution in [-0.4, -0.2) is 11.6 Å². The molecule has 0 radical (unpaired) electrons. The molecule has 1 amide bonds. The SMILES string of the molecule is C/C(=N\NC(=O)CCc1ccccc1)c1ccc(C)o1. The van der Waals surface area contributed by atoms with Gasteiger partial charge >= 0.3 is 0 Å². The van der Waals surface area contributed by atoms with Crippen LogP contribution in [0, 0.1) is 6.92 Å². The van der Waals surface area contributed by atoms with Gasteiger partial charge in [-0.15, -0.1) is 0 Å². The third kappa shape index (κ3) is 4.09. The van der Waals surface area contributed by atoms with Crippen molar-refractivity contribution in [3.8, 4) is 0 Å². The van der Waals surface area contributed by atoms with E-state index in [0.717, 1.165) is 11.3 Å². The normalized spacial score (nSPS) is 11.4. The number of hydrazone groups is 1. The van der Waals surface area contributed by atoms with Gasteiger partial charge in [-0.25, -0.2) is 5.43 Å². The molecule has 0 fully saturated rings. The Morgan fingerprint density at radius 1 is 1.20 bits per heavy atom. The van der Waals surface area contributed by atoms with Gasteiger partial charge in [0.2, 0.25) is 5.91 Å². The molecular formula is C16H18N2O2. The second-order valence-electron chi connectivity index (χ2n) is 4.63. The van der Waals surface area contributed by atoms with E-state index in [9.17, 15) is 4.79 Å². The maximum Gasteiger partial charge on any atom is 0.240 e. The summed E-state index contributed by atoms with van der Waals surface area (Å²) in [7, 11) is 0. The smallest absolute Gasteiger partial charge is 0.240 e. The lowest BCUT2D eigenvalue weighted by Gasteiger charge is -2.02. The molecule has 0 aliphatic carbocycles. The molecule has 2 rings (SSSR count). The second kappa shape index (κ2) is 6.70. The highest BCUT2D eigenvalue weighted by Gasteiger charge is 2.04. The summed E-state index contributed by atoms with van der Waals surface area (Å²) in [5, 5.41) is 4.04. The van der Waals surface area contributed by atoms with Crippen molar-refractivity contribution >= 4 is 11.6 Å². The molecule has 0 aliphatic rings. The van der Waals surface area contributed by atoms with E-state index >= 15 is 0 Å². The number of benzene rings is 1. The summed E-state index contributed by atoms with van der Waals surface area (Å²) in [5.41, 5.74) is 4.35. The van der Waals surface area contributed by atoms with E-state index in [0.29, 0.717) is 24.3 Å². The van der Waals surface area contributed by atoms with E-state index in [-0.39, 0.29) is 5.91 Å². The largest absolute Gasteiger partial charge is 0.460 e. The van der Waals surface area contributed by atoms with Crippen molar-refractivity contribution in [2.24, 2.45) is 5.10 Å².